The number of anilines is 1. The van der Waals surface area contributed by atoms with Crippen LogP contribution < -0.4 is 11.5 Å². The molecule has 0 unspecified atom stereocenters. The monoisotopic (exact) mass is 233 g/mol. The summed E-state index contributed by atoms with van der Waals surface area (Å²) >= 11 is 0. The Hall–Kier alpha value is -1.06. The SMILES string of the molecule is CCCN1CC[C@@H](N)[C@@H]1c1ccc(C)c(N)c1. The molecule has 1 aromatic rings. The molecule has 2 atom stereocenters. The van der Waals surface area contributed by atoms with Crippen molar-refractivity contribution in [2.75, 3.05) is 18.8 Å². The third-order valence-electron chi connectivity index (χ3n) is 3.70. The largest absolute Gasteiger partial charge is 0.399 e. The number of rotatable bonds is 3. The summed E-state index contributed by atoms with van der Waals surface area (Å²) in [5.74, 6) is 0. The van der Waals surface area contributed by atoms with Gasteiger partial charge in [0.2, 0.25) is 0 Å². The molecule has 1 aromatic carbocycles. The van der Waals surface area contributed by atoms with E-state index >= 15 is 0 Å². The van der Waals surface area contributed by atoms with Gasteiger partial charge in [0.15, 0.2) is 0 Å². The van der Waals surface area contributed by atoms with E-state index in [-0.39, 0.29) is 6.04 Å². The predicted molar refractivity (Wildman–Crippen MR) is 72.8 cm³/mol. The highest BCUT2D eigenvalue weighted by Crippen LogP contribution is 2.32. The van der Waals surface area contributed by atoms with Crippen LogP contribution in [0.3, 0.4) is 0 Å². The zero-order valence-corrected chi connectivity index (χ0v) is 10.8. The topological polar surface area (TPSA) is 55.3 Å². The van der Waals surface area contributed by atoms with Crippen molar-refractivity contribution in [1.29, 1.82) is 0 Å². The van der Waals surface area contributed by atoms with Gasteiger partial charge in [0.05, 0.1) is 0 Å². The number of hydrogen-bond donors (Lipinski definition) is 2. The molecule has 0 spiro atoms. The summed E-state index contributed by atoms with van der Waals surface area (Å²) in [6.45, 7) is 6.47. The van der Waals surface area contributed by atoms with Crippen LogP contribution in [0.15, 0.2) is 18.2 Å². The van der Waals surface area contributed by atoms with E-state index in [0.29, 0.717) is 6.04 Å². The van der Waals surface area contributed by atoms with Crippen LogP contribution in [0.1, 0.15) is 36.9 Å². The van der Waals surface area contributed by atoms with Crippen LogP contribution in [-0.2, 0) is 0 Å². The average Bonchev–Trinajstić information content (AvgIpc) is 2.65. The van der Waals surface area contributed by atoms with Crippen molar-refractivity contribution in [2.24, 2.45) is 5.73 Å². The van der Waals surface area contributed by atoms with Gasteiger partial charge >= 0.3 is 0 Å². The fourth-order valence-corrected chi connectivity index (χ4v) is 2.72. The van der Waals surface area contributed by atoms with Gasteiger partial charge < -0.3 is 11.5 Å². The molecule has 2 rings (SSSR count). The molecule has 4 N–H and O–H groups in total. The maximum atomic E-state index is 6.24. The van der Waals surface area contributed by atoms with Crippen LogP contribution in [0.4, 0.5) is 5.69 Å². The van der Waals surface area contributed by atoms with Crippen LogP contribution in [0.2, 0.25) is 0 Å². The Morgan fingerprint density at radius 2 is 2.18 bits per heavy atom. The molecule has 3 heteroatoms. The average molecular weight is 233 g/mol. The molecule has 94 valence electrons. The lowest BCUT2D eigenvalue weighted by Crippen LogP contribution is -2.32. The van der Waals surface area contributed by atoms with Gasteiger partial charge in [-0.2, -0.15) is 0 Å². The summed E-state index contributed by atoms with van der Waals surface area (Å²) in [4.78, 5) is 2.48. The summed E-state index contributed by atoms with van der Waals surface area (Å²) in [5.41, 5.74) is 15.5. The third kappa shape index (κ3) is 2.45. The third-order valence-corrected chi connectivity index (χ3v) is 3.70. The van der Waals surface area contributed by atoms with E-state index in [4.69, 9.17) is 11.5 Å². The van der Waals surface area contributed by atoms with Crippen molar-refractivity contribution in [3.63, 3.8) is 0 Å². The quantitative estimate of drug-likeness (QED) is 0.786. The highest BCUT2D eigenvalue weighted by Gasteiger charge is 2.32. The van der Waals surface area contributed by atoms with E-state index in [9.17, 15) is 0 Å². The lowest BCUT2D eigenvalue weighted by Gasteiger charge is -2.27. The Morgan fingerprint density at radius 3 is 2.82 bits per heavy atom. The minimum atomic E-state index is 0.239. The van der Waals surface area contributed by atoms with Crippen molar-refractivity contribution in [3.05, 3.63) is 29.3 Å². The van der Waals surface area contributed by atoms with Crippen molar-refractivity contribution in [2.45, 2.75) is 38.8 Å². The van der Waals surface area contributed by atoms with E-state index < -0.39 is 0 Å². The number of hydrogen-bond acceptors (Lipinski definition) is 3. The van der Waals surface area contributed by atoms with Gasteiger partial charge in [0.25, 0.3) is 0 Å². The number of aryl methyl sites for hydroxylation is 1. The molecule has 1 fully saturated rings. The van der Waals surface area contributed by atoms with Crippen LogP contribution >= 0.6 is 0 Å². The van der Waals surface area contributed by atoms with E-state index in [2.05, 4.69) is 30.0 Å². The fraction of sp³-hybridized carbons (Fsp3) is 0.571. The van der Waals surface area contributed by atoms with Crippen LogP contribution in [0.5, 0.6) is 0 Å². The molecule has 0 radical (unpaired) electrons. The maximum Gasteiger partial charge on any atom is 0.0500 e. The van der Waals surface area contributed by atoms with E-state index in [0.717, 1.165) is 30.8 Å². The fourth-order valence-electron chi connectivity index (χ4n) is 2.72. The van der Waals surface area contributed by atoms with Crippen LogP contribution in [0, 0.1) is 6.92 Å². The number of benzene rings is 1. The predicted octanol–water partition coefficient (Wildman–Crippen LogP) is 2.06. The smallest absolute Gasteiger partial charge is 0.0500 e. The zero-order chi connectivity index (χ0) is 12.4. The summed E-state index contributed by atoms with van der Waals surface area (Å²) < 4.78 is 0. The summed E-state index contributed by atoms with van der Waals surface area (Å²) in [7, 11) is 0. The molecule has 1 saturated heterocycles. The van der Waals surface area contributed by atoms with Gasteiger partial charge in [-0.05, 0) is 43.5 Å². The normalized spacial score (nSPS) is 25.4. The van der Waals surface area contributed by atoms with Crippen molar-refractivity contribution >= 4 is 5.69 Å². The summed E-state index contributed by atoms with van der Waals surface area (Å²) in [5, 5.41) is 0. The summed E-state index contributed by atoms with van der Waals surface area (Å²) in [6.07, 6.45) is 2.25. The minimum Gasteiger partial charge on any atom is -0.399 e. The molecular formula is C14H23N3. The Kier molecular flexibility index (Phi) is 3.69. The van der Waals surface area contributed by atoms with Crippen LogP contribution in [-0.4, -0.2) is 24.0 Å². The first-order valence-electron chi connectivity index (χ1n) is 6.49. The van der Waals surface area contributed by atoms with Gasteiger partial charge in [-0.1, -0.05) is 19.1 Å². The Bertz CT molecular complexity index is 387. The van der Waals surface area contributed by atoms with Gasteiger partial charge in [-0.25, -0.2) is 0 Å². The first-order valence-corrected chi connectivity index (χ1v) is 6.49. The molecular weight excluding hydrogens is 210 g/mol. The van der Waals surface area contributed by atoms with Gasteiger partial charge in [-0.3, -0.25) is 4.90 Å². The molecule has 1 aliphatic rings. The van der Waals surface area contributed by atoms with Crippen molar-refractivity contribution in [3.8, 4) is 0 Å². The number of nitrogen functional groups attached to an aromatic ring is 1. The number of nitrogens with zero attached hydrogens (tertiary/aromatic N) is 1. The number of nitrogens with two attached hydrogens (primary N) is 2. The molecule has 0 aliphatic carbocycles. The lowest BCUT2D eigenvalue weighted by molar-refractivity contribution is 0.248. The second kappa shape index (κ2) is 5.07. The highest BCUT2D eigenvalue weighted by molar-refractivity contribution is 5.49. The molecule has 1 heterocycles. The zero-order valence-electron chi connectivity index (χ0n) is 10.8. The van der Waals surface area contributed by atoms with Crippen molar-refractivity contribution in [1.82, 2.24) is 4.90 Å². The second-order valence-electron chi connectivity index (χ2n) is 5.05. The van der Waals surface area contributed by atoms with Crippen LogP contribution in [0.25, 0.3) is 0 Å². The van der Waals surface area contributed by atoms with Gasteiger partial charge in [0.1, 0.15) is 0 Å². The summed E-state index contributed by atoms with van der Waals surface area (Å²) in [6, 6.07) is 6.94. The molecule has 17 heavy (non-hydrogen) atoms. The van der Waals surface area contributed by atoms with Gasteiger partial charge in [0, 0.05) is 24.3 Å². The highest BCUT2D eigenvalue weighted by atomic mass is 15.2. The minimum absolute atomic E-state index is 0.239. The molecule has 0 aromatic heterocycles. The first-order chi connectivity index (χ1) is 8.13. The standard InChI is InChI=1S/C14H23N3/c1-3-7-17-8-6-12(15)14(17)11-5-4-10(2)13(16)9-11/h4-5,9,12,14H,3,6-8,15-16H2,1-2H3/t12-,14+/m1/s1. The van der Waals surface area contributed by atoms with E-state index in [1.165, 1.54) is 12.0 Å². The maximum absolute atomic E-state index is 6.24. The Balaban J connectivity index is 2.26. The molecule has 0 amide bonds. The lowest BCUT2D eigenvalue weighted by atomic mass is 9.98. The molecule has 1 aliphatic heterocycles. The molecule has 0 bridgehead atoms. The number of likely N-dealkylation sites (tertiary alicyclic amines) is 1. The Morgan fingerprint density at radius 1 is 1.41 bits per heavy atom. The van der Waals surface area contributed by atoms with Gasteiger partial charge in [-0.15, -0.1) is 0 Å². The van der Waals surface area contributed by atoms with E-state index in [1.54, 1.807) is 0 Å². The Labute approximate surface area is 104 Å². The molecule has 0 saturated carbocycles. The molecule has 3 nitrogen and oxygen atoms in total. The first kappa shape index (κ1) is 12.4. The van der Waals surface area contributed by atoms with Crippen molar-refractivity contribution < 1.29 is 0 Å². The van der Waals surface area contributed by atoms with E-state index in [1.807, 2.05) is 6.92 Å². The second-order valence-corrected chi connectivity index (χ2v) is 5.05.